The molecule has 0 aliphatic carbocycles. The number of ether oxygens (including phenoxy) is 3. The number of allylic oxidation sites excluding steroid dienone is 20. The molecule has 0 N–H and O–H groups in total. The summed E-state index contributed by atoms with van der Waals surface area (Å²) in [6, 6.07) is 0. The van der Waals surface area contributed by atoms with E-state index in [1.54, 1.807) is 0 Å². The maximum atomic E-state index is 12.8. The second-order valence-corrected chi connectivity index (χ2v) is 16.7. The van der Waals surface area contributed by atoms with Crippen LogP contribution >= 0.6 is 0 Å². The normalized spacial score (nSPS) is 13.2. The lowest BCUT2D eigenvalue weighted by Crippen LogP contribution is -2.30. The summed E-state index contributed by atoms with van der Waals surface area (Å²) in [5.41, 5.74) is 0. The first kappa shape index (κ1) is 60.3. The average Bonchev–Trinajstić information content (AvgIpc) is 3.30. The van der Waals surface area contributed by atoms with Crippen molar-refractivity contribution in [1.29, 1.82) is 0 Å². The molecule has 0 aromatic rings. The molecule has 0 amide bonds. The minimum Gasteiger partial charge on any atom is -0.462 e. The van der Waals surface area contributed by atoms with Crippen molar-refractivity contribution < 1.29 is 23.8 Å². The third-order valence-corrected chi connectivity index (χ3v) is 10.5. The van der Waals surface area contributed by atoms with E-state index < -0.39 is 6.10 Å². The van der Waals surface area contributed by atoms with Gasteiger partial charge in [0.25, 0.3) is 0 Å². The van der Waals surface area contributed by atoms with E-state index in [-0.39, 0.29) is 31.6 Å². The Balaban J connectivity index is 4.39. The van der Waals surface area contributed by atoms with Crippen molar-refractivity contribution in [1.82, 2.24) is 0 Å². The zero-order valence-electron chi connectivity index (χ0n) is 41.5. The summed E-state index contributed by atoms with van der Waals surface area (Å²) in [5, 5.41) is 0. The van der Waals surface area contributed by atoms with E-state index in [9.17, 15) is 9.59 Å². The number of esters is 2. The number of hydrogen-bond acceptors (Lipinski definition) is 5. The molecule has 0 fully saturated rings. The Morgan fingerprint density at radius 1 is 0.359 bits per heavy atom. The summed E-state index contributed by atoms with van der Waals surface area (Å²) in [7, 11) is 0. The highest BCUT2D eigenvalue weighted by Crippen LogP contribution is 2.12. The van der Waals surface area contributed by atoms with Crippen molar-refractivity contribution in [2.75, 3.05) is 19.8 Å². The number of carbonyl (C=O) groups is 2. The second-order valence-electron chi connectivity index (χ2n) is 16.7. The molecule has 1 unspecified atom stereocenters. The number of unbranched alkanes of at least 4 members (excludes halogenated alkanes) is 15. The molecular formula is C59H96O5. The Morgan fingerprint density at radius 2 is 0.734 bits per heavy atom. The van der Waals surface area contributed by atoms with Crippen LogP contribution in [0.2, 0.25) is 0 Å². The Morgan fingerprint density at radius 3 is 1.19 bits per heavy atom. The van der Waals surface area contributed by atoms with E-state index in [4.69, 9.17) is 14.2 Å². The van der Waals surface area contributed by atoms with Crippen LogP contribution in [0.25, 0.3) is 0 Å². The van der Waals surface area contributed by atoms with Crippen LogP contribution in [-0.4, -0.2) is 37.9 Å². The molecule has 1 atom stereocenters. The third-order valence-electron chi connectivity index (χ3n) is 10.5. The fourth-order valence-corrected chi connectivity index (χ4v) is 6.66. The highest BCUT2D eigenvalue weighted by Gasteiger charge is 2.17. The third kappa shape index (κ3) is 50.9. The Labute approximate surface area is 395 Å². The molecule has 0 bridgehead atoms. The predicted octanol–water partition coefficient (Wildman–Crippen LogP) is 17.8. The maximum absolute atomic E-state index is 12.8. The molecular weight excluding hydrogens is 789 g/mol. The largest absolute Gasteiger partial charge is 0.462 e. The van der Waals surface area contributed by atoms with Crippen LogP contribution in [0, 0.1) is 0 Å². The van der Waals surface area contributed by atoms with E-state index in [0.29, 0.717) is 19.4 Å². The van der Waals surface area contributed by atoms with E-state index in [1.807, 2.05) is 6.08 Å². The molecule has 0 aromatic heterocycles. The molecule has 5 heteroatoms. The quantitative estimate of drug-likeness (QED) is 0.0346. The molecule has 0 aliphatic heterocycles. The summed E-state index contributed by atoms with van der Waals surface area (Å²) < 4.78 is 17.3. The van der Waals surface area contributed by atoms with Crippen molar-refractivity contribution in [3.8, 4) is 0 Å². The summed E-state index contributed by atoms with van der Waals surface area (Å²) in [6.45, 7) is 7.44. The lowest BCUT2D eigenvalue weighted by atomic mass is 10.1. The second kappa shape index (κ2) is 53.6. The van der Waals surface area contributed by atoms with Gasteiger partial charge in [0.2, 0.25) is 0 Å². The standard InChI is InChI=1S/C59H96O5/c1-4-7-10-13-16-19-22-25-27-28-29-30-31-33-36-39-42-45-48-51-54-62-55-57(64-59(61)53-50-47-44-41-38-34-24-21-18-15-12-9-6-3)56-63-58(60)52-49-46-43-40-37-35-32-26-23-20-17-14-11-8-5-2/h7,9-10,12,16-21,25-27,29-30,32,34,38,44,47,57H,4-6,8,11,13-15,22-24,28,31,33,35-37,39-43,45-46,48-56H2,1-3H3/b10-7-,12-9-,19-16-,20-17-,21-18-,27-25-,30-29-,32-26-,38-34-,47-44-. The molecule has 0 saturated heterocycles. The smallest absolute Gasteiger partial charge is 0.306 e. The van der Waals surface area contributed by atoms with E-state index >= 15 is 0 Å². The van der Waals surface area contributed by atoms with Crippen LogP contribution < -0.4 is 0 Å². The van der Waals surface area contributed by atoms with Gasteiger partial charge in [0.1, 0.15) is 6.61 Å². The molecule has 0 spiro atoms. The van der Waals surface area contributed by atoms with Gasteiger partial charge in [0, 0.05) is 19.4 Å². The SMILES string of the molecule is CC/C=C\C/C=C\C/C=C\C/C=C\CCCCCCCCCOCC(COC(=O)CCCCCCC/C=C\C/C=C\CCCCC)OC(=O)CC/C=C\C/C=C\C/C=C\C/C=C\CC. The van der Waals surface area contributed by atoms with Crippen LogP contribution in [0.15, 0.2) is 122 Å². The highest BCUT2D eigenvalue weighted by atomic mass is 16.6. The fraction of sp³-hybridized carbons (Fsp3) is 0.627. The Hall–Kier alpha value is -3.70. The Kier molecular flexibility index (Phi) is 50.5. The molecule has 0 radical (unpaired) electrons. The van der Waals surface area contributed by atoms with Crippen LogP contribution in [0.3, 0.4) is 0 Å². The zero-order chi connectivity index (χ0) is 46.3. The molecule has 0 aliphatic rings. The van der Waals surface area contributed by atoms with Crippen LogP contribution in [0.5, 0.6) is 0 Å². The first-order valence-corrected chi connectivity index (χ1v) is 26.1. The van der Waals surface area contributed by atoms with Gasteiger partial charge in [-0.1, -0.05) is 206 Å². The van der Waals surface area contributed by atoms with Crippen LogP contribution in [0.4, 0.5) is 0 Å². The topological polar surface area (TPSA) is 61.8 Å². The summed E-state index contributed by atoms with van der Waals surface area (Å²) in [4.78, 5) is 25.4. The molecule has 5 nitrogen and oxygen atoms in total. The highest BCUT2D eigenvalue weighted by molar-refractivity contribution is 5.70. The van der Waals surface area contributed by atoms with Gasteiger partial charge in [-0.3, -0.25) is 9.59 Å². The lowest BCUT2D eigenvalue weighted by Gasteiger charge is -2.18. The van der Waals surface area contributed by atoms with Crippen LogP contribution in [0.1, 0.15) is 213 Å². The van der Waals surface area contributed by atoms with Gasteiger partial charge in [0.15, 0.2) is 6.10 Å². The Bertz CT molecular complexity index is 1320. The molecule has 0 saturated carbocycles. The number of carbonyl (C=O) groups excluding carboxylic acids is 2. The molecule has 362 valence electrons. The zero-order valence-corrected chi connectivity index (χ0v) is 41.5. The first-order valence-electron chi connectivity index (χ1n) is 26.1. The monoisotopic (exact) mass is 885 g/mol. The fourth-order valence-electron chi connectivity index (χ4n) is 6.66. The molecule has 0 aromatic carbocycles. The predicted molar refractivity (Wildman–Crippen MR) is 279 cm³/mol. The maximum Gasteiger partial charge on any atom is 0.306 e. The van der Waals surface area contributed by atoms with E-state index in [0.717, 1.165) is 103 Å². The molecule has 0 heterocycles. The summed E-state index contributed by atoms with van der Waals surface area (Å²) >= 11 is 0. The summed E-state index contributed by atoms with van der Waals surface area (Å²) in [6.07, 6.45) is 75.1. The summed E-state index contributed by atoms with van der Waals surface area (Å²) in [5.74, 6) is -0.521. The van der Waals surface area contributed by atoms with Gasteiger partial charge < -0.3 is 14.2 Å². The number of hydrogen-bond donors (Lipinski definition) is 0. The van der Waals surface area contributed by atoms with Crippen molar-refractivity contribution in [3.05, 3.63) is 122 Å². The molecule has 0 rings (SSSR count). The van der Waals surface area contributed by atoms with Crippen molar-refractivity contribution in [2.45, 2.75) is 219 Å². The average molecular weight is 885 g/mol. The van der Waals surface area contributed by atoms with Gasteiger partial charge in [-0.05, 0) is 116 Å². The van der Waals surface area contributed by atoms with Gasteiger partial charge in [-0.25, -0.2) is 0 Å². The van der Waals surface area contributed by atoms with Crippen molar-refractivity contribution >= 4 is 11.9 Å². The van der Waals surface area contributed by atoms with Gasteiger partial charge >= 0.3 is 11.9 Å². The lowest BCUT2D eigenvalue weighted by molar-refractivity contribution is -0.162. The molecule has 64 heavy (non-hydrogen) atoms. The van der Waals surface area contributed by atoms with E-state index in [2.05, 4.69) is 136 Å². The van der Waals surface area contributed by atoms with Gasteiger partial charge in [-0.15, -0.1) is 0 Å². The van der Waals surface area contributed by atoms with Crippen molar-refractivity contribution in [3.63, 3.8) is 0 Å². The minimum absolute atomic E-state index is 0.0374. The number of rotatable bonds is 46. The van der Waals surface area contributed by atoms with Crippen molar-refractivity contribution in [2.24, 2.45) is 0 Å². The first-order chi connectivity index (χ1) is 31.6. The van der Waals surface area contributed by atoms with Crippen LogP contribution in [-0.2, 0) is 23.8 Å². The van der Waals surface area contributed by atoms with E-state index in [1.165, 1.54) is 70.6 Å². The van der Waals surface area contributed by atoms with Gasteiger partial charge in [-0.2, -0.15) is 0 Å². The van der Waals surface area contributed by atoms with Gasteiger partial charge in [0.05, 0.1) is 6.61 Å². The minimum atomic E-state index is -0.594.